The third-order valence-electron chi connectivity index (χ3n) is 1.17. The van der Waals surface area contributed by atoms with E-state index in [-0.39, 0.29) is 0 Å². The van der Waals surface area contributed by atoms with E-state index >= 15 is 0 Å². The molecule has 0 heterocycles. The molecule has 0 atom stereocenters. The molecule has 0 aromatic rings. The average Bonchev–Trinajstić information content (AvgIpc) is 1.65. The van der Waals surface area contributed by atoms with Crippen molar-refractivity contribution in [3.63, 3.8) is 0 Å². The van der Waals surface area contributed by atoms with Crippen LogP contribution >= 0.6 is 7.34 Å². The van der Waals surface area contributed by atoms with Crippen molar-refractivity contribution in [2.45, 2.75) is 13.3 Å². The fraction of sp³-hybridized carbons (Fsp3) is 0.800. The molecule has 0 amide bonds. The van der Waals surface area contributed by atoms with Crippen LogP contribution in [0.3, 0.4) is 0 Å². The van der Waals surface area contributed by atoms with Gasteiger partial charge in [0.1, 0.15) is 0 Å². The molecule has 4 heteroatoms. The third-order valence-corrected chi connectivity index (χ3v) is 3.50. The minimum absolute atomic E-state index is 0.943. The van der Waals surface area contributed by atoms with E-state index in [1.54, 1.807) is 0 Å². The second-order valence-electron chi connectivity index (χ2n) is 2.23. The lowest BCUT2D eigenvalue weighted by Gasteiger charge is -2.22. The highest BCUT2D eigenvalue weighted by atomic mass is 31.2. The molecule has 0 spiro atoms. The molecule has 56 valence electrons. The summed E-state index contributed by atoms with van der Waals surface area (Å²) >= 11 is 0. The van der Waals surface area contributed by atoms with Crippen LogP contribution in [0.2, 0.25) is 0 Å². The molecular weight excluding hydrogens is 133 g/mol. The summed E-state index contributed by atoms with van der Waals surface area (Å²) in [6.07, 6.45) is 0.943. The van der Waals surface area contributed by atoms with Gasteiger partial charge in [0.25, 0.3) is 0 Å². The average molecular weight is 149 g/mol. The van der Waals surface area contributed by atoms with E-state index in [4.69, 9.17) is 11.0 Å². The van der Waals surface area contributed by atoms with Gasteiger partial charge in [-0.1, -0.05) is 6.92 Å². The van der Waals surface area contributed by atoms with Gasteiger partial charge in [-0.25, -0.2) is 0 Å². The van der Waals surface area contributed by atoms with Gasteiger partial charge in [0, 0.05) is 0 Å². The highest BCUT2D eigenvalue weighted by Gasteiger charge is 2.04. The Balaban J connectivity index is 4.18. The minimum atomic E-state index is -1.81. The Morgan fingerprint density at radius 1 is 1.44 bits per heavy atom. The molecule has 0 aliphatic carbocycles. The van der Waals surface area contributed by atoms with Crippen LogP contribution in [0.25, 0.3) is 0 Å². The first-order chi connectivity index (χ1) is 4.00. The summed E-state index contributed by atoms with van der Waals surface area (Å²) in [6.45, 7) is 2.04. The Kier molecular flexibility index (Phi) is 3.44. The first-order valence-electron chi connectivity index (χ1n) is 2.98. The molecule has 0 saturated carbocycles. The molecule has 0 radical (unpaired) electrons. The van der Waals surface area contributed by atoms with E-state index in [9.17, 15) is 0 Å². The van der Waals surface area contributed by atoms with Crippen molar-refractivity contribution < 1.29 is 0 Å². The van der Waals surface area contributed by atoms with Crippen LogP contribution in [-0.2, 0) is 0 Å². The predicted molar refractivity (Wildman–Crippen MR) is 45.3 cm³/mol. The van der Waals surface area contributed by atoms with Crippen LogP contribution in [0, 0.1) is 0 Å². The Bertz CT molecular complexity index is 124. The zero-order chi connectivity index (χ0) is 7.49. The van der Waals surface area contributed by atoms with Gasteiger partial charge in [-0.2, -0.15) is 0 Å². The van der Waals surface area contributed by atoms with Crippen LogP contribution in [0.1, 0.15) is 13.3 Å². The van der Waals surface area contributed by atoms with Crippen molar-refractivity contribution in [1.82, 2.24) is 4.67 Å². The molecule has 9 heavy (non-hydrogen) atoms. The van der Waals surface area contributed by atoms with Gasteiger partial charge in [-0.3, -0.25) is 15.7 Å². The number of nitrogens with zero attached hydrogens (tertiary/aromatic N) is 1. The van der Waals surface area contributed by atoms with E-state index < -0.39 is 7.34 Å². The lowest BCUT2D eigenvalue weighted by molar-refractivity contribution is 0.672. The molecule has 0 aliphatic rings. The first-order valence-corrected chi connectivity index (χ1v) is 4.93. The van der Waals surface area contributed by atoms with E-state index in [0.717, 1.165) is 6.42 Å². The summed E-state index contributed by atoms with van der Waals surface area (Å²) in [5.41, 5.74) is 11.5. The van der Waals surface area contributed by atoms with E-state index in [1.165, 1.54) is 0 Å². The number of rotatable bonds is 2. The van der Waals surface area contributed by atoms with Crippen molar-refractivity contribution in [2.75, 3.05) is 14.1 Å². The molecule has 0 aromatic carbocycles. The summed E-state index contributed by atoms with van der Waals surface area (Å²) < 4.78 is 1.89. The van der Waals surface area contributed by atoms with Crippen LogP contribution in [-0.4, -0.2) is 24.6 Å². The minimum Gasteiger partial charge on any atom is -0.288 e. The molecular formula is C5H16N3P. The van der Waals surface area contributed by atoms with Crippen LogP contribution in [0.4, 0.5) is 0 Å². The predicted octanol–water partition coefficient (Wildman–Crippen LogP) is 0.440. The van der Waals surface area contributed by atoms with Crippen molar-refractivity contribution in [3.05, 3.63) is 0 Å². The summed E-state index contributed by atoms with van der Waals surface area (Å²) in [5.74, 6) is 1.98. The summed E-state index contributed by atoms with van der Waals surface area (Å²) in [6, 6.07) is 0. The molecule has 0 unspecified atom stereocenters. The fourth-order valence-electron chi connectivity index (χ4n) is 0.456. The number of hydrogen-bond donors (Lipinski definition) is 2. The van der Waals surface area contributed by atoms with Gasteiger partial charge in [-0.15, -0.1) is 0 Å². The topological polar surface area (TPSA) is 55.3 Å². The molecule has 0 saturated heterocycles. The van der Waals surface area contributed by atoms with E-state index in [0.29, 0.717) is 0 Å². The first kappa shape index (κ1) is 9.18. The Morgan fingerprint density at radius 2 is 1.89 bits per heavy atom. The lowest BCUT2D eigenvalue weighted by Crippen LogP contribution is -2.23. The molecule has 0 fully saturated rings. The zero-order valence-electron chi connectivity index (χ0n) is 6.33. The largest absolute Gasteiger partial charge is 0.288 e. The fourth-order valence-corrected chi connectivity index (χ4v) is 1.37. The smallest absolute Gasteiger partial charge is 0.0664 e. The van der Waals surface area contributed by atoms with E-state index in [1.807, 2.05) is 31.5 Å². The SMILES string of the molecule is CCC=P(N)(N)N(C)C. The molecule has 0 aromatic heterocycles. The number of hydrogen-bond acceptors (Lipinski definition) is 3. The van der Waals surface area contributed by atoms with Crippen molar-refractivity contribution in [2.24, 2.45) is 11.0 Å². The number of nitrogens with two attached hydrogens (primary N) is 2. The standard InChI is InChI=1S/C5H16N3P/c1-4-5-9(6,7)8(2)3/h5H,4,6-7H2,1-3H3. The quantitative estimate of drug-likeness (QED) is 0.560. The van der Waals surface area contributed by atoms with Crippen molar-refractivity contribution in [3.8, 4) is 0 Å². The van der Waals surface area contributed by atoms with Crippen LogP contribution in [0.15, 0.2) is 0 Å². The molecule has 0 aliphatic heterocycles. The van der Waals surface area contributed by atoms with Gasteiger partial charge in [0.2, 0.25) is 0 Å². The molecule has 0 bridgehead atoms. The van der Waals surface area contributed by atoms with Crippen molar-refractivity contribution >= 4 is 13.1 Å². The Hall–Kier alpha value is 0.180. The normalized spacial score (nSPS) is 12.2. The maximum absolute atomic E-state index is 5.73. The Labute approximate surface area is 57.1 Å². The molecule has 0 rings (SSSR count). The molecule has 4 N–H and O–H groups in total. The van der Waals surface area contributed by atoms with Gasteiger partial charge < -0.3 is 0 Å². The summed E-state index contributed by atoms with van der Waals surface area (Å²) in [5, 5.41) is 0. The monoisotopic (exact) mass is 149 g/mol. The van der Waals surface area contributed by atoms with Crippen molar-refractivity contribution in [1.29, 1.82) is 0 Å². The third kappa shape index (κ3) is 3.01. The van der Waals surface area contributed by atoms with Gasteiger partial charge >= 0.3 is 0 Å². The van der Waals surface area contributed by atoms with Gasteiger partial charge in [0.05, 0.1) is 7.34 Å². The maximum atomic E-state index is 5.73. The van der Waals surface area contributed by atoms with E-state index in [2.05, 4.69) is 0 Å². The Morgan fingerprint density at radius 3 is 2.00 bits per heavy atom. The van der Waals surface area contributed by atoms with Crippen LogP contribution < -0.4 is 11.0 Å². The highest BCUT2D eigenvalue weighted by Crippen LogP contribution is 2.28. The summed E-state index contributed by atoms with van der Waals surface area (Å²) in [4.78, 5) is 0. The highest BCUT2D eigenvalue weighted by molar-refractivity contribution is 7.68. The second-order valence-corrected chi connectivity index (χ2v) is 4.98. The summed E-state index contributed by atoms with van der Waals surface area (Å²) in [7, 11) is 2.00. The van der Waals surface area contributed by atoms with Crippen LogP contribution in [0.5, 0.6) is 0 Å². The maximum Gasteiger partial charge on any atom is 0.0664 e. The second kappa shape index (κ2) is 3.37. The van der Waals surface area contributed by atoms with Gasteiger partial charge in [0.15, 0.2) is 0 Å². The molecule has 3 nitrogen and oxygen atoms in total. The zero-order valence-corrected chi connectivity index (χ0v) is 7.23. The van der Waals surface area contributed by atoms with Gasteiger partial charge in [-0.05, 0) is 26.3 Å². The lowest BCUT2D eigenvalue weighted by atomic mass is 10.6.